The lowest BCUT2D eigenvalue weighted by Gasteiger charge is -2.29. The third-order valence-corrected chi connectivity index (χ3v) is 3.18. The first-order chi connectivity index (χ1) is 9.38. The van der Waals surface area contributed by atoms with E-state index >= 15 is 0 Å². The van der Waals surface area contributed by atoms with Crippen LogP contribution >= 0.6 is 0 Å². The fourth-order valence-corrected chi connectivity index (χ4v) is 2.10. The molecule has 0 N–H and O–H groups in total. The topological polar surface area (TPSA) is 74.8 Å². The zero-order valence-electron chi connectivity index (χ0n) is 10.7. The molecule has 1 aliphatic heterocycles. The third kappa shape index (κ3) is 2.45. The standard InChI is InChI=1S/C11H12F3N5O/c1-2-7(5-15)9(20)18-3-4-19-8(6-18)16-17-10(19)11(12,13)14/h7H,2-4,6H2,1H3. The molecule has 2 rings (SSSR count). The highest BCUT2D eigenvalue weighted by Crippen LogP contribution is 2.29. The second-order valence-electron chi connectivity index (χ2n) is 4.44. The predicted octanol–water partition coefficient (Wildman–Crippen LogP) is 1.19. The fraction of sp³-hybridized carbons (Fsp3) is 0.636. The number of nitrogens with zero attached hydrogens (tertiary/aromatic N) is 5. The molecule has 9 heteroatoms. The minimum Gasteiger partial charge on any atom is -0.332 e. The fourth-order valence-electron chi connectivity index (χ4n) is 2.10. The zero-order valence-corrected chi connectivity index (χ0v) is 10.7. The first kappa shape index (κ1) is 14.3. The molecule has 1 atom stereocenters. The summed E-state index contributed by atoms with van der Waals surface area (Å²) in [6.45, 7) is 1.75. The highest BCUT2D eigenvalue weighted by Gasteiger charge is 2.40. The molecule has 20 heavy (non-hydrogen) atoms. The minimum atomic E-state index is -4.56. The van der Waals surface area contributed by atoms with Gasteiger partial charge in [-0.25, -0.2) is 0 Å². The van der Waals surface area contributed by atoms with Crippen LogP contribution in [0.15, 0.2) is 0 Å². The quantitative estimate of drug-likeness (QED) is 0.818. The number of nitriles is 1. The average Bonchev–Trinajstić information content (AvgIpc) is 2.82. The Morgan fingerprint density at radius 2 is 2.15 bits per heavy atom. The predicted molar refractivity (Wildman–Crippen MR) is 59.8 cm³/mol. The van der Waals surface area contributed by atoms with Crippen LogP contribution < -0.4 is 0 Å². The monoisotopic (exact) mass is 287 g/mol. The summed E-state index contributed by atoms with van der Waals surface area (Å²) in [7, 11) is 0. The molecule has 1 aromatic rings. The van der Waals surface area contributed by atoms with Crippen LogP contribution in [0.2, 0.25) is 0 Å². The van der Waals surface area contributed by atoms with Crippen molar-refractivity contribution < 1.29 is 18.0 Å². The Morgan fingerprint density at radius 1 is 1.45 bits per heavy atom. The molecule has 0 fully saturated rings. The van der Waals surface area contributed by atoms with Crippen LogP contribution in [-0.2, 0) is 24.1 Å². The van der Waals surface area contributed by atoms with Crippen molar-refractivity contribution in [1.82, 2.24) is 19.7 Å². The normalized spacial score (nSPS) is 16.4. The van der Waals surface area contributed by atoms with Crippen LogP contribution in [0.25, 0.3) is 0 Å². The van der Waals surface area contributed by atoms with Gasteiger partial charge in [-0.3, -0.25) is 4.79 Å². The van der Waals surface area contributed by atoms with Crippen molar-refractivity contribution in [3.63, 3.8) is 0 Å². The van der Waals surface area contributed by atoms with E-state index in [-0.39, 0.29) is 31.4 Å². The molecule has 6 nitrogen and oxygen atoms in total. The smallest absolute Gasteiger partial charge is 0.332 e. The Bertz CT molecular complexity index is 559. The van der Waals surface area contributed by atoms with Crippen molar-refractivity contribution in [2.75, 3.05) is 6.54 Å². The number of rotatable bonds is 2. The van der Waals surface area contributed by atoms with E-state index in [9.17, 15) is 18.0 Å². The summed E-state index contributed by atoms with van der Waals surface area (Å²) >= 11 is 0. The van der Waals surface area contributed by atoms with Gasteiger partial charge in [-0.15, -0.1) is 10.2 Å². The summed E-state index contributed by atoms with van der Waals surface area (Å²) in [6, 6.07) is 1.89. The molecule has 108 valence electrons. The third-order valence-electron chi connectivity index (χ3n) is 3.18. The molecule has 2 heterocycles. The van der Waals surface area contributed by atoms with Crippen LogP contribution in [0.3, 0.4) is 0 Å². The Labute approximate surface area is 112 Å². The summed E-state index contributed by atoms with van der Waals surface area (Å²) < 4.78 is 38.9. The molecule has 0 aliphatic carbocycles. The van der Waals surface area contributed by atoms with Crippen molar-refractivity contribution in [2.24, 2.45) is 5.92 Å². The van der Waals surface area contributed by atoms with E-state index in [0.717, 1.165) is 4.57 Å². The van der Waals surface area contributed by atoms with E-state index in [1.54, 1.807) is 6.92 Å². The van der Waals surface area contributed by atoms with E-state index in [0.29, 0.717) is 6.42 Å². The van der Waals surface area contributed by atoms with E-state index in [4.69, 9.17) is 5.26 Å². The number of alkyl halides is 3. The number of carbonyl (C=O) groups excluding carboxylic acids is 1. The molecular formula is C11H12F3N5O. The molecule has 0 spiro atoms. The van der Waals surface area contributed by atoms with Crippen LogP contribution in [0, 0.1) is 17.2 Å². The number of halogens is 3. The largest absolute Gasteiger partial charge is 0.451 e. The Balaban J connectivity index is 2.19. The molecule has 0 saturated heterocycles. The van der Waals surface area contributed by atoms with Crippen molar-refractivity contribution in [3.8, 4) is 6.07 Å². The maximum absolute atomic E-state index is 12.7. The number of amides is 1. The lowest BCUT2D eigenvalue weighted by molar-refractivity contribution is -0.148. The van der Waals surface area contributed by atoms with Gasteiger partial charge in [0.15, 0.2) is 5.82 Å². The number of fused-ring (bicyclic) bond motifs is 1. The molecule has 0 radical (unpaired) electrons. The van der Waals surface area contributed by atoms with Gasteiger partial charge in [-0.05, 0) is 6.42 Å². The Hall–Kier alpha value is -2.11. The molecule has 1 aliphatic rings. The molecule has 1 amide bonds. The second-order valence-corrected chi connectivity index (χ2v) is 4.44. The number of hydrogen-bond acceptors (Lipinski definition) is 4. The van der Waals surface area contributed by atoms with Crippen LogP contribution in [0.5, 0.6) is 0 Å². The van der Waals surface area contributed by atoms with Crippen molar-refractivity contribution >= 4 is 5.91 Å². The number of hydrogen-bond donors (Lipinski definition) is 0. The van der Waals surface area contributed by atoms with Crippen LogP contribution in [-0.4, -0.2) is 32.1 Å². The van der Waals surface area contributed by atoms with Gasteiger partial charge >= 0.3 is 6.18 Å². The highest BCUT2D eigenvalue weighted by atomic mass is 19.4. The first-order valence-electron chi connectivity index (χ1n) is 6.06. The molecule has 0 saturated carbocycles. The van der Waals surface area contributed by atoms with Gasteiger partial charge in [0.2, 0.25) is 11.7 Å². The van der Waals surface area contributed by atoms with Gasteiger partial charge in [0.1, 0.15) is 5.92 Å². The minimum absolute atomic E-state index is 0.0230. The van der Waals surface area contributed by atoms with Gasteiger partial charge in [0, 0.05) is 13.1 Å². The maximum atomic E-state index is 12.7. The molecule has 1 unspecified atom stereocenters. The van der Waals surface area contributed by atoms with Crippen LogP contribution in [0.4, 0.5) is 13.2 Å². The van der Waals surface area contributed by atoms with Gasteiger partial charge in [0.05, 0.1) is 12.6 Å². The summed E-state index contributed by atoms with van der Waals surface area (Å²) in [5, 5.41) is 15.5. The first-order valence-corrected chi connectivity index (χ1v) is 6.06. The average molecular weight is 287 g/mol. The zero-order chi connectivity index (χ0) is 14.9. The molecule has 1 aromatic heterocycles. The van der Waals surface area contributed by atoms with Gasteiger partial charge in [0.25, 0.3) is 0 Å². The molecule has 0 aromatic carbocycles. The van der Waals surface area contributed by atoms with Crippen LogP contribution in [0.1, 0.15) is 25.0 Å². The Morgan fingerprint density at radius 3 is 2.70 bits per heavy atom. The van der Waals surface area contributed by atoms with Crippen molar-refractivity contribution in [1.29, 1.82) is 5.26 Å². The summed E-state index contributed by atoms with van der Waals surface area (Å²) in [4.78, 5) is 13.3. The number of carbonyl (C=O) groups is 1. The lowest BCUT2D eigenvalue weighted by Crippen LogP contribution is -2.42. The van der Waals surface area contributed by atoms with E-state index in [2.05, 4.69) is 10.2 Å². The SMILES string of the molecule is CCC(C#N)C(=O)N1CCn2c(nnc2C(F)(F)F)C1. The van der Waals surface area contributed by atoms with Crippen molar-refractivity contribution in [3.05, 3.63) is 11.6 Å². The Kier molecular flexibility index (Phi) is 3.65. The lowest BCUT2D eigenvalue weighted by atomic mass is 10.1. The van der Waals surface area contributed by atoms with E-state index < -0.39 is 17.9 Å². The van der Waals surface area contributed by atoms with Crippen molar-refractivity contribution in [2.45, 2.75) is 32.6 Å². The summed E-state index contributed by atoms with van der Waals surface area (Å²) in [5.74, 6) is -2.11. The van der Waals surface area contributed by atoms with E-state index in [1.807, 2.05) is 6.07 Å². The second kappa shape index (κ2) is 5.11. The molecule has 0 bridgehead atoms. The summed E-state index contributed by atoms with van der Waals surface area (Å²) in [6.07, 6.45) is -4.19. The molecular weight excluding hydrogens is 275 g/mol. The highest BCUT2D eigenvalue weighted by molar-refractivity contribution is 5.81. The van der Waals surface area contributed by atoms with Gasteiger partial charge in [-0.2, -0.15) is 18.4 Å². The van der Waals surface area contributed by atoms with Gasteiger partial charge < -0.3 is 9.47 Å². The summed E-state index contributed by atoms with van der Waals surface area (Å²) in [5.41, 5.74) is 0. The van der Waals surface area contributed by atoms with E-state index in [1.165, 1.54) is 4.90 Å². The number of aromatic nitrogens is 3. The maximum Gasteiger partial charge on any atom is 0.451 e. The van der Waals surface area contributed by atoms with Gasteiger partial charge in [-0.1, -0.05) is 6.92 Å².